The van der Waals surface area contributed by atoms with Crippen LogP contribution in [-0.4, -0.2) is 49.1 Å². The number of nitrogens with zero attached hydrogens (tertiary/aromatic N) is 1. The summed E-state index contributed by atoms with van der Waals surface area (Å²) in [6.07, 6.45) is 0.239. The van der Waals surface area contributed by atoms with Crippen LogP contribution in [0.5, 0.6) is 17.2 Å². The molecule has 0 saturated heterocycles. The van der Waals surface area contributed by atoms with Crippen molar-refractivity contribution in [3.05, 3.63) is 65.4 Å². The molecule has 7 heteroatoms. The Hall–Kier alpha value is -3.48. The zero-order valence-electron chi connectivity index (χ0n) is 18.8. The van der Waals surface area contributed by atoms with E-state index < -0.39 is 17.7 Å². The number of ether oxygens (including phenoxy) is 3. The minimum absolute atomic E-state index is 0.0938. The Morgan fingerprint density at radius 3 is 2.31 bits per heavy atom. The van der Waals surface area contributed by atoms with E-state index in [2.05, 4.69) is 0 Å². The lowest BCUT2D eigenvalue weighted by atomic mass is 9.92. The smallest absolute Gasteiger partial charge is 0.290 e. The van der Waals surface area contributed by atoms with Gasteiger partial charge in [-0.05, 0) is 47.9 Å². The van der Waals surface area contributed by atoms with Gasteiger partial charge in [0.05, 0.1) is 32.4 Å². The summed E-state index contributed by atoms with van der Waals surface area (Å²) >= 11 is 0. The van der Waals surface area contributed by atoms with E-state index in [1.807, 2.05) is 19.9 Å². The van der Waals surface area contributed by atoms with Crippen LogP contribution >= 0.6 is 0 Å². The standard InChI is InChI=1S/C25H29NO6/c1-16(2)14-21(27)22-23(17-6-5-7-20(15-17)31-4)26(25(29)24(22)28)12-13-32-19-10-8-18(30-3)9-11-19/h5-11,15-16,23,28H,12-14H2,1-4H3. The van der Waals surface area contributed by atoms with E-state index in [1.54, 1.807) is 56.7 Å². The van der Waals surface area contributed by atoms with Crippen LogP contribution in [0.4, 0.5) is 0 Å². The number of hydrogen-bond donors (Lipinski definition) is 1. The van der Waals surface area contributed by atoms with Crippen LogP contribution in [0.2, 0.25) is 0 Å². The summed E-state index contributed by atoms with van der Waals surface area (Å²) in [6.45, 7) is 4.23. The van der Waals surface area contributed by atoms with Gasteiger partial charge in [-0.15, -0.1) is 0 Å². The fourth-order valence-corrected chi connectivity index (χ4v) is 3.74. The Kier molecular flexibility index (Phi) is 7.41. The number of benzene rings is 2. The Balaban J connectivity index is 1.85. The summed E-state index contributed by atoms with van der Waals surface area (Å²) in [5, 5.41) is 10.6. The van der Waals surface area contributed by atoms with Gasteiger partial charge in [-0.1, -0.05) is 26.0 Å². The maximum absolute atomic E-state index is 13.0. The molecular formula is C25H29NO6. The van der Waals surface area contributed by atoms with Gasteiger partial charge in [-0.2, -0.15) is 0 Å². The normalized spacial score (nSPS) is 16.0. The summed E-state index contributed by atoms with van der Waals surface area (Å²) in [4.78, 5) is 27.4. The number of aliphatic hydroxyl groups is 1. The third-order valence-corrected chi connectivity index (χ3v) is 5.27. The van der Waals surface area contributed by atoms with Crippen molar-refractivity contribution in [1.82, 2.24) is 4.90 Å². The van der Waals surface area contributed by atoms with E-state index >= 15 is 0 Å². The quantitative estimate of drug-likeness (QED) is 0.600. The van der Waals surface area contributed by atoms with Crippen molar-refractivity contribution >= 4 is 11.7 Å². The predicted molar refractivity (Wildman–Crippen MR) is 120 cm³/mol. The lowest BCUT2D eigenvalue weighted by molar-refractivity contribution is -0.129. The van der Waals surface area contributed by atoms with Crippen molar-refractivity contribution in [2.24, 2.45) is 5.92 Å². The fraction of sp³-hybridized carbons (Fsp3) is 0.360. The zero-order chi connectivity index (χ0) is 23.3. The van der Waals surface area contributed by atoms with E-state index in [4.69, 9.17) is 14.2 Å². The largest absolute Gasteiger partial charge is 0.503 e. The summed E-state index contributed by atoms with van der Waals surface area (Å²) in [5.74, 6) is 0.729. The lowest BCUT2D eigenvalue weighted by Gasteiger charge is -2.27. The minimum Gasteiger partial charge on any atom is -0.503 e. The van der Waals surface area contributed by atoms with Crippen molar-refractivity contribution < 1.29 is 28.9 Å². The van der Waals surface area contributed by atoms with Gasteiger partial charge in [-0.25, -0.2) is 0 Å². The molecule has 1 amide bonds. The Morgan fingerprint density at radius 1 is 1.03 bits per heavy atom. The van der Waals surface area contributed by atoms with Crippen LogP contribution in [-0.2, 0) is 9.59 Å². The molecule has 1 heterocycles. The summed E-state index contributed by atoms with van der Waals surface area (Å²) in [6, 6.07) is 13.6. The van der Waals surface area contributed by atoms with Crippen LogP contribution in [0.25, 0.3) is 0 Å². The highest BCUT2D eigenvalue weighted by Gasteiger charge is 2.43. The summed E-state index contributed by atoms with van der Waals surface area (Å²) in [7, 11) is 3.14. The van der Waals surface area contributed by atoms with E-state index in [9.17, 15) is 14.7 Å². The lowest BCUT2D eigenvalue weighted by Crippen LogP contribution is -2.34. The molecule has 1 atom stereocenters. The molecule has 3 rings (SSSR count). The molecule has 0 fully saturated rings. The minimum atomic E-state index is -0.705. The maximum Gasteiger partial charge on any atom is 0.290 e. The molecule has 1 aliphatic heterocycles. The summed E-state index contributed by atoms with van der Waals surface area (Å²) < 4.78 is 16.2. The topological polar surface area (TPSA) is 85.3 Å². The third-order valence-electron chi connectivity index (χ3n) is 5.27. The molecule has 1 aliphatic rings. The molecule has 0 saturated carbocycles. The second-order valence-electron chi connectivity index (χ2n) is 7.99. The first-order chi connectivity index (χ1) is 15.3. The van der Waals surface area contributed by atoms with Gasteiger partial charge in [0.15, 0.2) is 11.5 Å². The first kappa shape index (κ1) is 23.2. The van der Waals surface area contributed by atoms with Crippen LogP contribution in [0.3, 0.4) is 0 Å². The Labute approximate surface area is 188 Å². The van der Waals surface area contributed by atoms with Crippen molar-refractivity contribution in [2.45, 2.75) is 26.3 Å². The molecule has 0 aliphatic carbocycles. The molecule has 2 aromatic rings. The van der Waals surface area contributed by atoms with Crippen molar-refractivity contribution in [1.29, 1.82) is 0 Å². The van der Waals surface area contributed by atoms with Crippen molar-refractivity contribution in [2.75, 3.05) is 27.4 Å². The van der Waals surface area contributed by atoms with Crippen LogP contribution in [0.15, 0.2) is 59.9 Å². The van der Waals surface area contributed by atoms with Gasteiger partial charge in [0.25, 0.3) is 5.91 Å². The number of carbonyl (C=O) groups excluding carboxylic acids is 2. The average Bonchev–Trinajstić information content (AvgIpc) is 3.04. The Morgan fingerprint density at radius 2 is 1.69 bits per heavy atom. The molecule has 1 unspecified atom stereocenters. The average molecular weight is 440 g/mol. The number of Topliss-reactive ketones (excluding diaryl/α,β-unsaturated/α-hetero) is 1. The molecule has 0 aromatic heterocycles. The molecule has 0 radical (unpaired) electrons. The maximum atomic E-state index is 13.0. The first-order valence-electron chi connectivity index (χ1n) is 10.5. The highest BCUT2D eigenvalue weighted by Crippen LogP contribution is 2.39. The molecule has 0 spiro atoms. The molecular weight excluding hydrogens is 410 g/mol. The number of hydrogen-bond acceptors (Lipinski definition) is 6. The van der Waals surface area contributed by atoms with Crippen LogP contribution in [0.1, 0.15) is 31.9 Å². The first-order valence-corrected chi connectivity index (χ1v) is 10.5. The highest BCUT2D eigenvalue weighted by molar-refractivity contribution is 6.09. The second kappa shape index (κ2) is 10.2. The monoisotopic (exact) mass is 439 g/mol. The van der Waals surface area contributed by atoms with Crippen LogP contribution in [0, 0.1) is 5.92 Å². The fourth-order valence-electron chi connectivity index (χ4n) is 3.74. The number of rotatable bonds is 10. The van der Waals surface area contributed by atoms with Crippen LogP contribution < -0.4 is 14.2 Å². The molecule has 32 heavy (non-hydrogen) atoms. The van der Waals surface area contributed by atoms with Gasteiger partial charge in [0, 0.05) is 6.42 Å². The van der Waals surface area contributed by atoms with Crippen molar-refractivity contribution in [3.8, 4) is 17.2 Å². The molecule has 170 valence electrons. The molecule has 0 bridgehead atoms. The predicted octanol–water partition coefficient (Wildman–Crippen LogP) is 4.09. The van der Waals surface area contributed by atoms with Gasteiger partial charge in [0.1, 0.15) is 23.9 Å². The number of ketones is 1. The number of methoxy groups -OCH3 is 2. The number of carbonyl (C=O) groups is 2. The molecule has 7 nitrogen and oxygen atoms in total. The SMILES string of the molecule is COc1ccc(OCCN2C(=O)C(O)=C(C(=O)CC(C)C)C2c2cccc(OC)c2)cc1. The van der Waals surface area contributed by atoms with E-state index in [1.165, 1.54) is 4.90 Å². The summed E-state index contributed by atoms with van der Waals surface area (Å²) in [5.41, 5.74) is 0.819. The third kappa shape index (κ3) is 5.04. The molecule has 2 aromatic carbocycles. The van der Waals surface area contributed by atoms with E-state index in [-0.39, 0.29) is 36.8 Å². The van der Waals surface area contributed by atoms with E-state index in [0.717, 1.165) is 0 Å². The number of aliphatic hydroxyl groups excluding tert-OH is 1. The second-order valence-corrected chi connectivity index (χ2v) is 7.99. The van der Waals surface area contributed by atoms with E-state index in [0.29, 0.717) is 22.8 Å². The number of amides is 1. The van der Waals surface area contributed by atoms with Gasteiger partial charge < -0.3 is 24.2 Å². The Bertz CT molecular complexity index is 996. The van der Waals surface area contributed by atoms with Crippen molar-refractivity contribution in [3.63, 3.8) is 0 Å². The zero-order valence-corrected chi connectivity index (χ0v) is 18.8. The van der Waals surface area contributed by atoms with Gasteiger partial charge in [0.2, 0.25) is 0 Å². The van der Waals surface area contributed by atoms with Gasteiger partial charge in [-0.3, -0.25) is 9.59 Å². The highest BCUT2D eigenvalue weighted by atomic mass is 16.5. The molecule has 1 N–H and O–H groups in total. The van der Waals surface area contributed by atoms with Gasteiger partial charge >= 0.3 is 0 Å².